The van der Waals surface area contributed by atoms with Gasteiger partial charge in [0.05, 0.1) is 19.3 Å². The molecule has 0 N–H and O–H groups in total. The Labute approximate surface area is 171 Å². The van der Waals surface area contributed by atoms with Gasteiger partial charge in [0.2, 0.25) is 0 Å². The van der Waals surface area contributed by atoms with Crippen molar-refractivity contribution in [3.8, 4) is 28.4 Å². The van der Waals surface area contributed by atoms with Gasteiger partial charge in [0.1, 0.15) is 17.2 Å². The molecule has 0 unspecified atom stereocenters. The Morgan fingerprint density at radius 2 is 1.38 bits per heavy atom. The summed E-state index contributed by atoms with van der Waals surface area (Å²) < 4.78 is 16.2. The summed E-state index contributed by atoms with van der Waals surface area (Å²) in [6.45, 7) is 4.38. The normalized spacial score (nSPS) is 10.2. The van der Waals surface area contributed by atoms with Gasteiger partial charge in [-0.25, -0.2) is 4.79 Å². The van der Waals surface area contributed by atoms with Crippen molar-refractivity contribution < 1.29 is 19.0 Å². The second-order valence-corrected chi connectivity index (χ2v) is 6.45. The molecule has 4 nitrogen and oxygen atoms in total. The fourth-order valence-electron chi connectivity index (χ4n) is 2.77. The van der Waals surface area contributed by atoms with E-state index in [1.54, 1.807) is 43.5 Å². The zero-order valence-electron chi connectivity index (χ0n) is 16.5. The highest BCUT2D eigenvalue weighted by Gasteiger charge is 2.09. The third kappa shape index (κ3) is 5.72. The Hall–Kier alpha value is -3.53. The Balaban J connectivity index is 1.60. The fourth-order valence-corrected chi connectivity index (χ4v) is 2.77. The minimum Gasteiger partial charge on any atom is -0.497 e. The Kier molecular flexibility index (Phi) is 7.06. The first-order valence-corrected chi connectivity index (χ1v) is 9.50. The molecule has 3 aromatic carbocycles. The van der Waals surface area contributed by atoms with Crippen molar-refractivity contribution in [3.63, 3.8) is 0 Å². The third-order valence-electron chi connectivity index (χ3n) is 4.40. The number of esters is 1. The molecule has 0 aliphatic heterocycles. The predicted octanol–water partition coefficient (Wildman–Crippen LogP) is 5.93. The molecule has 0 radical (unpaired) electrons. The maximum atomic E-state index is 12.3. The minimum absolute atomic E-state index is 0.398. The summed E-state index contributed by atoms with van der Waals surface area (Å²) >= 11 is 0. The zero-order valence-corrected chi connectivity index (χ0v) is 16.5. The van der Waals surface area contributed by atoms with Crippen molar-refractivity contribution in [1.29, 1.82) is 0 Å². The molecule has 148 valence electrons. The summed E-state index contributed by atoms with van der Waals surface area (Å²) in [5.74, 6) is 1.63. The van der Waals surface area contributed by atoms with Crippen LogP contribution in [0.2, 0.25) is 0 Å². The highest BCUT2D eigenvalue weighted by atomic mass is 16.5. The molecule has 0 amide bonds. The second-order valence-electron chi connectivity index (χ2n) is 6.45. The van der Waals surface area contributed by atoms with Crippen LogP contribution in [0.4, 0.5) is 0 Å². The van der Waals surface area contributed by atoms with Crippen LogP contribution >= 0.6 is 0 Å². The van der Waals surface area contributed by atoms with Crippen LogP contribution < -0.4 is 14.2 Å². The van der Waals surface area contributed by atoms with E-state index in [1.165, 1.54) is 0 Å². The fraction of sp³-hybridized carbons (Fsp3) is 0.160. The molecule has 0 aliphatic rings. The van der Waals surface area contributed by atoms with Gasteiger partial charge in [0.25, 0.3) is 0 Å². The molecule has 3 rings (SSSR count). The van der Waals surface area contributed by atoms with Crippen molar-refractivity contribution in [2.75, 3.05) is 13.7 Å². The molecule has 4 heteroatoms. The lowest BCUT2D eigenvalue weighted by molar-refractivity contribution is 0.0734. The number of ether oxygens (including phenoxy) is 3. The summed E-state index contributed by atoms with van der Waals surface area (Å²) in [4.78, 5) is 12.3. The Bertz CT molecular complexity index is 926. The van der Waals surface area contributed by atoms with Gasteiger partial charge in [-0.1, -0.05) is 30.3 Å². The number of allylic oxidation sites excluding steroid dienone is 1. The summed E-state index contributed by atoms with van der Waals surface area (Å²) in [6.07, 6.45) is 3.80. The van der Waals surface area contributed by atoms with Gasteiger partial charge >= 0.3 is 5.97 Å². The molecule has 0 saturated heterocycles. The minimum atomic E-state index is -0.398. The number of methoxy groups -OCH3 is 1. The van der Waals surface area contributed by atoms with Gasteiger partial charge in [-0.05, 0) is 72.5 Å². The van der Waals surface area contributed by atoms with Crippen LogP contribution in [0.15, 0.2) is 85.5 Å². The van der Waals surface area contributed by atoms with Crippen LogP contribution in [0, 0.1) is 0 Å². The maximum absolute atomic E-state index is 12.3. The zero-order chi connectivity index (χ0) is 20.5. The van der Waals surface area contributed by atoms with Gasteiger partial charge < -0.3 is 14.2 Å². The number of benzene rings is 3. The Morgan fingerprint density at radius 3 is 1.97 bits per heavy atom. The first kappa shape index (κ1) is 20.2. The topological polar surface area (TPSA) is 44.8 Å². The average molecular weight is 388 g/mol. The van der Waals surface area contributed by atoms with Gasteiger partial charge in [0.15, 0.2) is 0 Å². The van der Waals surface area contributed by atoms with E-state index < -0.39 is 5.97 Å². The van der Waals surface area contributed by atoms with Gasteiger partial charge in [-0.3, -0.25) is 0 Å². The van der Waals surface area contributed by atoms with E-state index in [4.69, 9.17) is 14.2 Å². The van der Waals surface area contributed by atoms with E-state index >= 15 is 0 Å². The number of hydrogen-bond donors (Lipinski definition) is 0. The number of unbranched alkanes of at least 4 members (excludes halogenated alkanes) is 1. The molecule has 3 aromatic rings. The van der Waals surface area contributed by atoms with Crippen molar-refractivity contribution >= 4 is 5.97 Å². The highest BCUT2D eigenvalue weighted by molar-refractivity contribution is 5.91. The van der Waals surface area contributed by atoms with E-state index in [0.29, 0.717) is 23.7 Å². The van der Waals surface area contributed by atoms with Crippen molar-refractivity contribution in [2.24, 2.45) is 0 Å². The van der Waals surface area contributed by atoms with E-state index in [1.807, 2.05) is 42.5 Å². The number of carbonyl (C=O) groups excluding carboxylic acids is 1. The number of carbonyl (C=O) groups is 1. The smallest absolute Gasteiger partial charge is 0.343 e. The highest BCUT2D eigenvalue weighted by Crippen LogP contribution is 2.24. The number of rotatable bonds is 9. The molecule has 0 fully saturated rings. The lowest BCUT2D eigenvalue weighted by Crippen LogP contribution is -2.08. The van der Waals surface area contributed by atoms with Crippen molar-refractivity contribution in [3.05, 3.63) is 91.0 Å². The van der Waals surface area contributed by atoms with E-state index in [-0.39, 0.29) is 0 Å². The largest absolute Gasteiger partial charge is 0.497 e. The molecule has 0 saturated carbocycles. The average Bonchev–Trinajstić information content (AvgIpc) is 2.78. The molecular formula is C25H24O4. The van der Waals surface area contributed by atoms with Gasteiger partial charge in [-0.15, -0.1) is 6.58 Å². The van der Waals surface area contributed by atoms with E-state index in [2.05, 4.69) is 6.58 Å². The molecular weight excluding hydrogens is 364 g/mol. The molecule has 0 aromatic heterocycles. The Morgan fingerprint density at radius 1 is 0.828 bits per heavy atom. The molecule has 0 spiro atoms. The molecule has 0 heterocycles. The summed E-state index contributed by atoms with van der Waals surface area (Å²) in [5.41, 5.74) is 2.56. The lowest BCUT2D eigenvalue weighted by atomic mass is 10.0. The summed E-state index contributed by atoms with van der Waals surface area (Å²) in [6, 6.07) is 22.2. The molecule has 0 aliphatic carbocycles. The van der Waals surface area contributed by atoms with Gasteiger partial charge in [-0.2, -0.15) is 0 Å². The van der Waals surface area contributed by atoms with Crippen LogP contribution in [0.1, 0.15) is 23.2 Å². The van der Waals surface area contributed by atoms with Crippen LogP contribution in [0.25, 0.3) is 11.1 Å². The third-order valence-corrected chi connectivity index (χ3v) is 4.40. The summed E-state index contributed by atoms with van der Waals surface area (Å²) in [7, 11) is 1.59. The van der Waals surface area contributed by atoms with E-state index in [0.717, 1.165) is 29.7 Å². The molecule has 29 heavy (non-hydrogen) atoms. The predicted molar refractivity (Wildman–Crippen MR) is 115 cm³/mol. The monoisotopic (exact) mass is 388 g/mol. The summed E-state index contributed by atoms with van der Waals surface area (Å²) in [5, 5.41) is 0. The second kappa shape index (κ2) is 10.1. The van der Waals surface area contributed by atoms with Crippen molar-refractivity contribution in [1.82, 2.24) is 0 Å². The standard InChI is InChI=1S/C25H24O4/c1-3-4-5-18-28-23-12-10-20(11-13-23)19-6-8-21(9-7-19)25(26)29-24-16-14-22(27-2)15-17-24/h3,6-17H,1,4-5,18H2,2H3. The van der Waals surface area contributed by atoms with Crippen LogP contribution in [0.3, 0.4) is 0 Å². The SMILES string of the molecule is C=CCCCOc1ccc(-c2ccc(C(=O)Oc3ccc(OC)cc3)cc2)cc1. The van der Waals surface area contributed by atoms with Crippen LogP contribution in [0.5, 0.6) is 17.2 Å². The first-order chi connectivity index (χ1) is 14.2. The maximum Gasteiger partial charge on any atom is 0.343 e. The quantitative estimate of drug-likeness (QED) is 0.197. The molecule has 0 bridgehead atoms. The van der Waals surface area contributed by atoms with Gasteiger partial charge in [0, 0.05) is 0 Å². The van der Waals surface area contributed by atoms with Crippen LogP contribution in [-0.2, 0) is 0 Å². The lowest BCUT2D eigenvalue weighted by Gasteiger charge is -2.08. The van der Waals surface area contributed by atoms with Crippen LogP contribution in [-0.4, -0.2) is 19.7 Å². The van der Waals surface area contributed by atoms with Crippen molar-refractivity contribution in [2.45, 2.75) is 12.8 Å². The first-order valence-electron chi connectivity index (χ1n) is 9.50. The van der Waals surface area contributed by atoms with E-state index in [9.17, 15) is 4.79 Å². The number of hydrogen-bond acceptors (Lipinski definition) is 4. The molecule has 0 atom stereocenters.